The van der Waals surface area contributed by atoms with E-state index in [1.54, 1.807) is 0 Å². The van der Waals surface area contributed by atoms with Crippen molar-refractivity contribution >= 4 is 0 Å². The summed E-state index contributed by atoms with van der Waals surface area (Å²) >= 11 is 0. The van der Waals surface area contributed by atoms with Crippen molar-refractivity contribution in [1.29, 1.82) is 0 Å². The first-order valence-corrected chi connectivity index (χ1v) is 4.20. The summed E-state index contributed by atoms with van der Waals surface area (Å²) in [4.78, 5) is 0. The Morgan fingerprint density at radius 1 is 1.42 bits per heavy atom. The molecule has 0 fully saturated rings. The summed E-state index contributed by atoms with van der Waals surface area (Å²) in [6.45, 7) is 7.60. The van der Waals surface area contributed by atoms with Gasteiger partial charge in [-0.25, -0.2) is 0 Å². The second-order valence-electron chi connectivity index (χ2n) is 4.66. The molecule has 0 atom stereocenters. The summed E-state index contributed by atoms with van der Waals surface area (Å²) in [5.74, 6) is 0. The van der Waals surface area contributed by atoms with Crippen LogP contribution in [0.15, 0.2) is 11.8 Å². The molecule has 0 aliphatic carbocycles. The molecule has 0 saturated heterocycles. The molecule has 3 nitrogen and oxygen atoms in total. The number of nitrogens with zero attached hydrogens (tertiary/aromatic N) is 1. The third kappa shape index (κ3) is 1.47. The zero-order valence-electron chi connectivity index (χ0n) is 8.22. The minimum atomic E-state index is -0.466. The van der Waals surface area contributed by atoms with Gasteiger partial charge < -0.3 is 5.73 Å². The minimum absolute atomic E-state index is 0.373. The van der Waals surface area contributed by atoms with Gasteiger partial charge in [0, 0.05) is 12.1 Å². The smallest absolute Gasteiger partial charge is 0.0642 e. The van der Waals surface area contributed by atoms with E-state index < -0.39 is 5.54 Å². The Kier molecular flexibility index (Phi) is 1.97. The lowest BCUT2D eigenvalue weighted by atomic mass is 9.86. The van der Waals surface area contributed by atoms with E-state index in [2.05, 4.69) is 0 Å². The van der Waals surface area contributed by atoms with Gasteiger partial charge in [-0.2, -0.15) is 0 Å². The lowest BCUT2D eigenvalue weighted by molar-refractivity contribution is -0.263. The van der Waals surface area contributed by atoms with E-state index in [0.717, 1.165) is 10.8 Å². The molecule has 2 N–H and O–H groups in total. The van der Waals surface area contributed by atoms with Crippen molar-refractivity contribution in [3.8, 4) is 0 Å². The van der Waals surface area contributed by atoms with Gasteiger partial charge in [-0.1, -0.05) is 0 Å². The summed E-state index contributed by atoms with van der Waals surface area (Å²) < 4.78 is 0. The molecule has 1 rings (SSSR count). The van der Waals surface area contributed by atoms with Crippen LogP contribution in [0.4, 0.5) is 0 Å². The quantitative estimate of drug-likeness (QED) is 0.596. The van der Waals surface area contributed by atoms with Crippen LogP contribution in [0.5, 0.6) is 0 Å². The normalized spacial score (nSPS) is 28.2. The van der Waals surface area contributed by atoms with Crippen molar-refractivity contribution < 1.29 is 5.21 Å². The Hall–Kier alpha value is -0.540. The summed E-state index contributed by atoms with van der Waals surface area (Å²) in [5, 5.41) is 12.9. The van der Waals surface area contributed by atoms with Gasteiger partial charge in [0.25, 0.3) is 0 Å². The SMILES string of the molecule is CC1(C)C=C(N)CC(C)(C)N1[O]. The van der Waals surface area contributed by atoms with E-state index in [9.17, 15) is 5.21 Å². The first-order valence-electron chi connectivity index (χ1n) is 4.20. The van der Waals surface area contributed by atoms with E-state index in [1.165, 1.54) is 0 Å². The monoisotopic (exact) mass is 169 g/mol. The van der Waals surface area contributed by atoms with Gasteiger partial charge in [0.15, 0.2) is 0 Å². The van der Waals surface area contributed by atoms with Gasteiger partial charge in [-0.05, 0) is 33.8 Å². The average Bonchev–Trinajstić information content (AvgIpc) is 1.80. The van der Waals surface area contributed by atoms with Crippen LogP contribution in [0.25, 0.3) is 0 Å². The van der Waals surface area contributed by atoms with Crippen LogP contribution in [-0.2, 0) is 5.21 Å². The van der Waals surface area contributed by atoms with Crippen LogP contribution in [0, 0.1) is 0 Å². The lowest BCUT2D eigenvalue weighted by Gasteiger charge is -2.44. The zero-order chi connectivity index (χ0) is 9.57. The van der Waals surface area contributed by atoms with Gasteiger partial charge in [-0.3, -0.25) is 0 Å². The molecular weight excluding hydrogens is 152 g/mol. The Bertz CT molecular complexity index is 219. The second-order valence-corrected chi connectivity index (χ2v) is 4.66. The maximum atomic E-state index is 11.7. The van der Waals surface area contributed by atoms with Crippen LogP contribution in [0.1, 0.15) is 34.1 Å². The molecule has 12 heavy (non-hydrogen) atoms. The predicted molar refractivity (Wildman–Crippen MR) is 47.6 cm³/mol. The van der Waals surface area contributed by atoms with Gasteiger partial charge in [0.1, 0.15) is 0 Å². The fourth-order valence-electron chi connectivity index (χ4n) is 1.91. The molecule has 0 unspecified atom stereocenters. The molecule has 1 heterocycles. The number of rotatable bonds is 0. The average molecular weight is 169 g/mol. The topological polar surface area (TPSA) is 49.2 Å². The molecule has 0 saturated carbocycles. The molecule has 0 spiro atoms. The number of hydroxylamine groups is 2. The van der Waals surface area contributed by atoms with Gasteiger partial charge >= 0.3 is 0 Å². The Balaban J connectivity index is 3.02. The highest BCUT2D eigenvalue weighted by atomic mass is 16.5. The van der Waals surface area contributed by atoms with Crippen molar-refractivity contribution in [2.24, 2.45) is 5.73 Å². The zero-order valence-corrected chi connectivity index (χ0v) is 8.22. The van der Waals surface area contributed by atoms with Crippen molar-refractivity contribution in [1.82, 2.24) is 5.06 Å². The highest BCUT2D eigenvalue weighted by Gasteiger charge is 2.41. The number of hydrogen-bond acceptors (Lipinski definition) is 2. The Morgan fingerprint density at radius 3 is 2.33 bits per heavy atom. The maximum absolute atomic E-state index is 11.7. The van der Waals surface area contributed by atoms with E-state index in [4.69, 9.17) is 5.73 Å². The third-order valence-corrected chi connectivity index (χ3v) is 2.25. The molecule has 0 bridgehead atoms. The Morgan fingerprint density at radius 2 is 1.92 bits per heavy atom. The predicted octanol–water partition coefficient (Wildman–Crippen LogP) is 1.44. The fraction of sp³-hybridized carbons (Fsp3) is 0.778. The summed E-state index contributed by atoms with van der Waals surface area (Å²) in [6, 6.07) is 0. The third-order valence-electron chi connectivity index (χ3n) is 2.25. The Labute approximate surface area is 73.8 Å². The molecule has 1 radical (unpaired) electrons. The maximum Gasteiger partial charge on any atom is 0.0642 e. The largest absolute Gasteiger partial charge is 0.402 e. The van der Waals surface area contributed by atoms with E-state index in [-0.39, 0.29) is 5.54 Å². The van der Waals surface area contributed by atoms with Crippen LogP contribution in [-0.4, -0.2) is 16.1 Å². The van der Waals surface area contributed by atoms with E-state index in [1.807, 2.05) is 33.8 Å². The van der Waals surface area contributed by atoms with Gasteiger partial charge in [0.2, 0.25) is 0 Å². The van der Waals surface area contributed by atoms with Crippen LogP contribution in [0.2, 0.25) is 0 Å². The van der Waals surface area contributed by atoms with E-state index >= 15 is 0 Å². The fourth-order valence-corrected chi connectivity index (χ4v) is 1.91. The van der Waals surface area contributed by atoms with Crippen LogP contribution in [0.3, 0.4) is 0 Å². The summed E-state index contributed by atoms with van der Waals surface area (Å²) in [6.07, 6.45) is 2.49. The summed E-state index contributed by atoms with van der Waals surface area (Å²) in [5.41, 5.74) is 5.72. The molecule has 69 valence electrons. The molecule has 0 amide bonds. The van der Waals surface area contributed by atoms with Gasteiger partial charge in [0.05, 0.1) is 11.1 Å². The first kappa shape index (κ1) is 9.55. The molecule has 3 heteroatoms. The molecule has 1 aliphatic rings. The standard InChI is InChI=1S/C9H17N2O/c1-8(2)5-7(10)6-9(3,4)11(8)12/h5H,6,10H2,1-4H3. The van der Waals surface area contributed by atoms with Crippen LogP contribution < -0.4 is 5.73 Å². The first-order chi connectivity index (χ1) is 5.26. The minimum Gasteiger partial charge on any atom is -0.402 e. The number of hydrogen-bond donors (Lipinski definition) is 1. The van der Waals surface area contributed by atoms with Crippen molar-refractivity contribution in [3.05, 3.63) is 11.8 Å². The summed E-state index contributed by atoms with van der Waals surface area (Å²) in [7, 11) is 0. The molecule has 0 aromatic rings. The number of nitrogens with two attached hydrogens (primary N) is 1. The highest BCUT2D eigenvalue weighted by Crippen LogP contribution is 2.33. The van der Waals surface area contributed by atoms with Crippen molar-refractivity contribution in [2.45, 2.75) is 45.2 Å². The van der Waals surface area contributed by atoms with Crippen molar-refractivity contribution in [3.63, 3.8) is 0 Å². The van der Waals surface area contributed by atoms with Crippen LogP contribution >= 0.6 is 0 Å². The second kappa shape index (κ2) is 2.47. The molecule has 0 aromatic heterocycles. The highest BCUT2D eigenvalue weighted by molar-refractivity contribution is 5.17. The molecule has 1 aliphatic heterocycles. The molecule has 0 aromatic carbocycles. The lowest BCUT2D eigenvalue weighted by Crippen LogP contribution is -2.55. The van der Waals surface area contributed by atoms with E-state index in [0.29, 0.717) is 6.42 Å². The van der Waals surface area contributed by atoms with Crippen molar-refractivity contribution in [2.75, 3.05) is 0 Å². The van der Waals surface area contributed by atoms with Gasteiger partial charge in [-0.15, -0.1) is 10.3 Å². The molecular formula is C9H17N2O.